The Kier molecular flexibility index (Phi) is 4.62. The summed E-state index contributed by atoms with van der Waals surface area (Å²) in [7, 11) is 0. The standard InChI is InChI=1S/C17H12N4O6/c1-10-2-4-11(5-3-10)16-9-14(17(22)27-16)19-18-13-7-6-12(20(23)24)8-15(13)21(25)26/h2-9,22H,1H3. The predicted octanol–water partition coefficient (Wildman–Crippen LogP) is 5.19. The van der Waals surface area contributed by atoms with Gasteiger partial charge in [-0.25, -0.2) is 0 Å². The minimum Gasteiger partial charge on any atom is -0.479 e. The van der Waals surface area contributed by atoms with Crippen molar-refractivity contribution in [3.05, 3.63) is 74.3 Å². The molecule has 1 aromatic heterocycles. The first-order chi connectivity index (χ1) is 12.8. The summed E-state index contributed by atoms with van der Waals surface area (Å²) in [6.07, 6.45) is 0. The van der Waals surface area contributed by atoms with Gasteiger partial charge in [-0.15, -0.1) is 10.2 Å². The molecule has 0 fully saturated rings. The minimum atomic E-state index is -0.797. The van der Waals surface area contributed by atoms with E-state index in [1.54, 1.807) is 12.1 Å². The lowest BCUT2D eigenvalue weighted by Crippen LogP contribution is -1.92. The molecular formula is C17H12N4O6. The second-order valence-corrected chi connectivity index (χ2v) is 5.55. The van der Waals surface area contributed by atoms with Gasteiger partial charge in [0.15, 0.2) is 11.4 Å². The Hall–Kier alpha value is -4.08. The Bertz CT molecular complexity index is 1060. The van der Waals surface area contributed by atoms with E-state index in [0.29, 0.717) is 11.3 Å². The number of hydrogen-bond donors (Lipinski definition) is 1. The maximum atomic E-state index is 11.1. The number of furan rings is 1. The van der Waals surface area contributed by atoms with Crippen LogP contribution in [-0.2, 0) is 0 Å². The van der Waals surface area contributed by atoms with Crippen molar-refractivity contribution < 1.29 is 19.4 Å². The second-order valence-electron chi connectivity index (χ2n) is 5.55. The van der Waals surface area contributed by atoms with Crippen LogP contribution in [0.1, 0.15) is 5.56 Å². The predicted molar refractivity (Wildman–Crippen MR) is 94.5 cm³/mol. The highest BCUT2D eigenvalue weighted by Crippen LogP contribution is 2.38. The van der Waals surface area contributed by atoms with Crippen molar-refractivity contribution in [2.75, 3.05) is 0 Å². The maximum Gasteiger partial charge on any atom is 0.311 e. The quantitative estimate of drug-likeness (QED) is 0.372. The van der Waals surface area contributed by atoms with E-state index < -0.39 is 27.2 Å². The zero-order valence-electron chi connectivity index (χ0n) is 13.9. The highest BCUT2D eigenvalue weighted by molar-refractivity contribution is 5.66. The summed E-state index contributed by atoms with van der Waals surface area (Å²) in [5.74, 6) is -0.154. The van der Waals surface area contributed by atoms with E-state index in [1.165, 1.54) is 6.07 Å². The first-order valence-corrected chi connectivity index (χ1v) is 7.59. The van der Waals surface area contributed by atoms with Crippen LogP contribution in [0.25, 0.3) is 11.3 Å². The second kappa shape index (κ2) is 7.04. The Morgan fingerprint density at radius 3 is 2.22 bits per heavy atom. The van der Waals surface area contributed by atoms with Gasteiger partial charge in [-0.1, -0.05) is 29.8 Å². The Morgan fingerprint density at radius 1 is 0.926 bits per heavy atom. The fourth-order valence-electron chi connectivity index (χ4n) is 2.27. The zero-order chi connectivity index (χ0) is 19.6. The molecule has 3 aromatic rings. The zero-order valence-corrected chi connectivity index (χ0v) is 13.9. The van der Waals surface area contributed by atoms with Gasteiger partial charge in [0, 0.05) is 17.7 Å². The number of rotatable bonds is 5. The van der Waals surface area contributed by atoms with Crippen molar-refractivity contribution in [2.45, 2.75) is 6.92 Å². The van der Waals surface area contributed by atoms with Crippen LogP contribution in [0, 0.1) is 27.2 Å². The van der Waals surface area contributed by atoms with Gasteiger partial charge >= 0.3 is 11.6 Å². The lowest BCUT2D eigenvalue weighted by Gasteiger charge is -1.96. The van der Waals surface area contributed by atoms with Crippen molar-refractivity contribution in [3.8, 4) is 17.3 Å². The van der Waals surface area contributed by atoms with E-state index >= 15 is 0 Å². The topological polar surface area (TPSA) is 144 Å². The number of benzene rings is 2. The van der Waals surface area contributed by atoms with Crippen molar-refractivity contribution in [3.63, 3.8) is 0 Å². The first-order valence-electron chi connectivity index (χ1n) is 7.59. The van der Waals surface area contributed by atoms with Gasteiger partial charge in [0.2, 0.25) is 0 Å². The number of nitro benzene ring substituents is 2. The Morgan fingerprint density at radius 2 is 1.59 bits per heavy atom. The van der Waals surface area contributed by atoms with Crippen LogP contribution in [0.2, 0.25) is 0 Å². The normalized spacial score (nSPS) is 11.0. The molecule has 0 aliphatic rings. The van der Waals surface area contributed by atoms with Gasteiger partial charge in [-0.3, -0.25) is 20.2 Å². The van der Waals surface area contributed by atoms with Crippen molar-refractivity contribution >= 4 is 22.7 Å². The number of hydrogen-bond acceptors (Lipinski definition) is 8. The minimum absolute atomic E-state index is 0.0294. The summed E-state index contributed by atoms with van der Waals surface area (Å²) in [5, 5.41) is 39.2. The van der Waals surface area contributed by atoms with E-state index in [1.807, 2.05) is 19.1 Å². The molecule has 0 unspecified atom stereocenters. The van der Waals surface area contributed by atoms with Crippen molar-refractivity contribution in [1.29, 1.82) is 0 Å². The SMILES string of the molecule is Cc1ccc(-c2cc(N=Nc3ccc([N+](=O)[O-])cc3[N+](=O)[O-])c(O)o2)cc1. The van der Waals surface area contributed by atoms with Crippen LogP contribution in [0.4, 0.5) is 22.7 Å². The summed E-state index contributed by atoms with van der Waals surface area (Å²) >= 11 is 0. The highest BCUT2D eigenvalue weighted by Gasteiger charge is 2.20. The van der Waals surface area contributed by atoms with Crippen LogP contribution >= 0.6 is 0 Å². The molecule has 0 bridgehead atoms. The van der Waals surface area contributed by atoms with Gasteiger partial charge in [0.25, 0.3) is 5.69 Å². The third-order valence-electron chi connectivity index (χ3n) is 3.66. The molecule has 136 valence electrons. The molecule has 0 amide bonds. The number of nitrogens with zero attached hydrogens (tertiary/aromatic N) is 4. The third-order valence-corrected chi connectivity index (χ3v) is 3.66. The fraction of sp³-hybridized carbons (Fsp3) is 0.0588. The number of aromatic hydroxyl groups is 1. The van der Waals surface area contributed by atoms with Gasteiger partial charge in [-0.2, -0.15) is 0 Å². The van der Waals surface area contributed by atoms with E-state index in [2.05, 4.69) is 10.2 Å². The smallest absolute Gasteiger partial charge is 0.311 e. The number of aryl methyl sites for hydroxylation is 1. The van der Waals surface area contributed by atoms with Gasteiger partial charge in [0.05, 0.1) is 15.9 Å². The van der Waals surface area contributed by atoms with Crippen molar-refractivity contribution in [2.24, 2.45) is 10.2 Å². The molecule has 1 heterocycles. The van der Waals surface area contributed by atoms with Gasteiger partial charge in [-0.05, 0) is 13.0 Å². The first kappa shape index (κ1) is 17.7. The molecule has 10 heteroatoms. The average Bonchev–Trinajstić information content (AvgIpc) is 3.01. The molecule has 0 saturated heterocycles. The van der Waals surface area contributed by atoms with Crippen LogP contribution < -0.4 is 0 Å². The third kappa shape index (κ3) is 3.79. The highest BCUT2D eigenvalue weighted by atomic mass is 16.6. The molecule has 0 spiro atoms. The molecule has 0 aliphatic heterocycles. The summed E-state index contributed by atoms with van der Waals surface area (Å²) in [5.41, 5.74) is 0.531. The van der Waals surface area contributed by atoms with E-state index in [0.717, 1.165) is 23.8 Å². The Labute approximate surface area is 151 Å². The molecule has 10 nitrogen and oxygen atoms in total. The number of azo groups is 1. The number of nitro groups is 2. The molecule has 0 radical (unpaired) electrons. The van der Waals surface area contributed by atoms with E-state index in [-0.39, 0.29) is 11.4 Å². The van der Waals surface area contributed by atoms with Gasteiger partial charge in [0.1, 0.15) is 5.76 Å². The molecule has 0 saturated carbocycles. The summed E-state index contributed by atoms with van der Waals surface area (Å²) in [6, 6.07) is 11.8. The lowest BCUT2D eigenvalue weighted by molar-refractivity contribution is -0.393. The molecule has 2 aromatic carbocycles. The van der Waals surface area contributed by atoms with Gasteiger partial charge < -0.3 is 9.52 Å². The van der Waals surface area contributed by atoms with E-state index in [4.69, 9.17) is 4.42 Å². The largest absolute Gasteiger partial charge is 0.479 e. The van der Waals surface area contributed by atoms with Crippen LogP contribution in [0.5, 0.6) is 5.95 Å². The molecule has 0 atom stereocenters. The fourth-order valence-corrected chi connectivity index (χ4v) is 2.27. The molecule has 3 rings (SSSR count). The van der Waals surface area contributed by atoms with Crippen LogP contribution in [0.3, 0.4) is 0 Å². The summed E-state index contributed by atoms with van der Waals surface area (Å²) in [4.78, 5) is 20.3. The summed E-state index contributed by atoms with van der Waals surface area (Å²) < 4.78 is 5.24. The maximum absolute atomic E-state index is 11.1. The summed E-state index contributed by atoms with van der Waals surface area (Å²) in [6.45, 7) is 1.93. The molecule has 0 aliphatic carbocycles. The monoisotopic (exact) mass is 368 g/mol. The molecule has 27 heavy (non-hydrogen) atoms. The molecular weight excluding hydrogens is 356 g/mol. The number of non-ortho nitro benzene ring substituents is 1. The average molecular weight is 368 g/mol. The van der Waals surface area contributed by atoms with E-state index in [9.17, 15) is 25.3 Å². The van der Waals surface area contributed by atoms with Crippen molar-refractivity contribution in [1.82, 2.24) is 0 Å². The van der Waals surface area contributed by atoms with Crippen LogP contribution in [0.15, 0.2) is 63.2 Å². The Balaban J connectivity index is 1.93. The molecule has 1 N–H and O–H groups in total. The van der Waals surface area contributed by atoms with Crippen LogP contribution in [-0.4, -0.2) is 15.0 Å². The lowest BCUT2D eigenvalue weighted by atomic mass is 10.1.